The molecule has 0 unspecified atom stereocenters. The van der Waals surface area contributed by atoms with Crippen LogP contribution in [0.1, 0.15) is 13.3 Å². The molecule has 0 aromatic carbocycles. The summed E-state index contributed by atoms with van der Waals surface area (Å²) in [5.41, 5.74) is 5.61. The van der Waals surface area contributed by atoms with E-state index in [2.05, 4.69) is 4.98 Å². The van der Waals surface area contributed by atoms with Crippen LogP contribution in [0.3, 0.4) is 0 Å². The topological polar surface area (TPSA) is 107 Å². The Morgan fingerprint density at radius 2 is 1.89 bits per heavy atom. The van der Waals surface area contributed by atoms with Gasteiger partial charge in [-0.15, -0.1) is 0 Å². The number of nitrogen functional groups attached to an aromatic ring is 1. The van der Waals surface area contributed by atoms with Gasteiger partial charge in [0, 0.05) is 11.9 Å². The second-order valence-corrected chi connectivity index (χ2v) is 8.30. The Balaban J connectivity index is 2.76. The van der Waals surface area contributed by atoms with Gasteiger partial charge in [0.15, 0.2) is 14.9 Å². The van der Waals surface area contributed by atoms with Crippen molar-refractivity contribution in [1.29, 1.82) is 0 Å². The van der Waals surface area contributed by atoms with Crippen molar-refractivity contribution in [2.24, 2.45) is 0 Å². The first kappa shape index (κ1) is 14.9. The molecule has 6 nitrogen and oxygen atoms in total. The van der Waals surface area contributed by atoms with E-state index in [1.165, 1.54) is 25.3 Å². The normalized spacial score (nSPS) is 12.5. The minimum Gasteiger partial charge on any atom is -0.396 e. The van der Waals surface area contributed by atoms with Gasteiger partial charge in [-0.2, -0.15) is 0 Å². The number of hydrogen-bond donors (Lipinski definition) is 1. The number of anilines is 1. The van der Waals surface area contributed by atoms with E-state index in [4.69, 9.17) is 5.73 Å². The largest absolute Gasteiger partial charge is 0.396 e. The molecule has 0 aliphatic carbocycles. The van der Waals surface area contributed by atoms with Gasteiger partial charge in [-0.3, -0.25) is 0 Å². The van der Waals surface area contributed by atoms with Crippen LogP contribution in [0.4, 0.5) is 5.69 Å². The van der Waals surface area contributed by atoms with Gasteiger partial charge in [0.1, 0.15) is 9.84 Å². The van der Waals surface area contributed by atoms with E-state index in [1.807, 2.05) is 0 Å². The Bertz CT molecular complexity index is 609. The third-order valence-electron chi connectivity index (χ3n) is 2.40. The van der Waals surface area contributed by atoms with Crippen LogP contribution in [0, 0.1) is 0 Å². The van der Waals surface area contributed by atoms with Crippen LogP contribution in [-0.2, 0) is 19.7 Å². The molecular formula is C10H16N2O4S2. The predicted octanol–water partition coefficient (Wildman–Crippen LogP) is 0.262. The second kappa shape index (κ2) is 5.66. The van der Waals surface area contributed by atoms with Crippen molar-refractivity contribution in [3.05, 3.63) is 18.3 Å². The van der Waals surface area contributed by atoms with Crippen LogP contribution in [0.2, 0.25) is 0 Å². The van der Waals surface area contributed by atoms with Crippen molar-refractivity contribution in [2.75, 3.05) is 23.0 Å². The average Bonchev–Trinajstić information content (AvgIpc) is 2.29. The molecule has 0 amide bonds. The van der Waals surface area contributed by atoms with Crippen LogP contribution in [0.5, 0.6) is 0 Å². The summed E-state index contributed by atoms with van der Waals surface area (Å²) in [5, 5.41) is -0.182. The second-order valence-electron chi connectivity index (χ2n) is 3.81. The maximum Gasteiger partial charge on any atom is 0.197 e. The van der Waals surface area contributed by atoms with Crippen LogP contribution in [-0.4, -0.2) is 39.1 Å². The van der Waals surface area contributed by atoms with Crippen LogP contribution < -0.4 is 5.73 Å². The molecule has 1 aromatic rings. The quantitative estimate of drug-likeness (QED) is 0.806. The van der Waals surface area contributed by atoms with E-state index in [1.54, 1.807) is 0 Å². The highest BCUT2D eigenvalue weighted by Gasteiger charge is 2.20. The van der Waals surface area contributed by atoms with E-state index in [0.717, 1.165) is 0 Å². The first-order valence-electron chi connectivity index (χ1n) is 5.42. The molecule has 1 aromatic heterocycles. The Morgan fingerprint density at radius 3 is 2.44 bits per heavy atom. The first-order chi connectivity index (χ1) is 8.28. The lowest BCUT2D eigenvalue weighted by Gasteiger charge is -2.06. The Hall–Kier alpha value is -1.15. The average molecular weight is 292 g/mol. The molecule has 1 heterocycles. The fourth-order valence-corrected chi connectivity index (χ4v) is 3.79. The fourth-order valence-electron chi connectivity index (χ4n) is 1.37. The van der Waals surface area contributed by atoms with E-state index in [-0.39, 0.29) is 34.4 Å². The molecule has 0 saturated heterocycles. The van der Waals surface area contributed by atoms with Gasteiger partial charge in [0.2, 0.25) is 0 Å². The monoisotopic (exact) mass is 292 g/mol. The zero-order chi connectivity index (χ0) is 13.8. The molecule has 2 N–H and O–H groups in total. The van der Waals surface area contributed by atoms with Crippen molar-refractivity contribution < 1.29 is 16.8 Å². The molecule has 0 bridgehead atoms. The summed E-state index contributed by atoms with van der Waals surface area (Å²) in [6, 6.07) is 2.98. The lowest BCUT2D eigenvalue weighted by atomic mass is 10.4. The number of hydrogen-bond acceptors (Lipinski definition) is 6. The van der Waals surface area contributed by atoms with Crippen molar-refractivity contribution in [1.82, 2.24) is 4.98 Å². The number of nitrogens with zero attached hydrogens (tertiary/aromatic N) is 1. The van der Waals surface area contributed by atoms with Gasteiger partial charge < -0.3 is 5.73 Å². The molecule has 0 fully saturated rings. The molecule has 1 rings (SSSR count). The summed E-state index contributed by atoms with van der Waals surface area (Å²) in [4.78, 5) is 3.72. The number of nitrogens with two attached hydrogens (primary N) is 1. The lowest BCUT2D eigenvalue weighted by molar-refractivity contribution is 0.588. The van der Waals surface area contributed by atoms with Gasteiger partial charge in [-0.05, 0) is 18.6 Å². The molecule has 102 valence electrons. The third-order valence-corrected chi connectivity index (χ3v) is 5.95. The van der Waals surface area contributed by atoms with Gasteiger partial charge >= 0.3 is 0 Å². The number of rotatable bonds is 6. The molecular weight excluding hydrogens is 276 g/mol. The fraction of sp³-hybridized carbons (Fsp3) is 0.500. The molecule has 0 atom stereocenters. The number of pyridine rings is 1. The molecule has 0 aliphatic rings. The van der Waals surface area contributed by atoms with Gasteiger partial charge in [-0.1, -0.05) is 6.92 Å². The van der Waals surface area contributed by atoms with Crippen LogP contribution in [0.15, 0.2) is 23.4 Å². The van der Waals surface area contributed by atoms with Crippen molar-refractivity contribution in [2.45, 2.75) is 18.4 Å². The Morgan fingerprint density at radius 1 is 1.22 bits per heavy atom. The summed E-state index contributed by atoms with van der Waals surface area (Å²) in [6.45, 7) is 1.53. The van der Waals surface area contributed by atoms with Crippen molar-refractivity contribution in [3.8, 4) is 0 Å². The van der Waals surface area contributed by atoms with Crippen molar-refractivity contribution in [3.63, 3.8) is 0 Å². The summed E-state index contributed by atoms with van der Waals surface area (Å²) in [7, 11) is -6.77. The van der Waals surface area contributed by atoms with Crippen LogP contribution >= 0.6 is 0 Å². The van der Waals surface area contributed by atoms with Gasteiger partial charge in [0.05, 0.1) is 17.2 Å². The minimum atomic E-state index is -3.62. The molecule has 0 aliphatic heterocycles. The molecule has 0 saturated carbocycles. The van der Waals surface area contributed by atoms with Gasteiger partial charge in [-0.25, -0.2) is 21.8 Å². The molecule has 0 spiro atoms. The summed E-state index contributed by atoms with van der Waals surface area (Å²) >= 11 is 0. The Labute approximate surface area is 107 Å². The Kier molecular flexibility index (Phi) is 4.69. The smallest absolute Gasteiger partial charge is 0.197 e. The summed E-state index contributed by atoms with van der Waals surface area (Å²) in [6.07, 6.45) is 1.39. The summed E-state index contributed by atoms with van der Waals surface area (Å²) in [5.74, 6) is -0.401. The van der Waals surface area contributed by atoms with E-state index >= 15 is 0 Å². The predicted molar refractivity (Wildman–Crippen MR) is 69.6 cm³/mol. The maximum absolute atomic E-state index is 11.9. The zero-order valence-corrected chi connectivity index (χ0v) is 11.7. The van der Waals surface area contributed by atoms with E-state index in [9.17, 15) is 16.8 Å². The minimum absolute atomic E-state index is 0.0127. The number of sulfone groups is 2. The number of aromatic nitrogens is 1. The maximum atomic E-state index is 11.9. The highest BCUT2D eigenvalue weighted by molar-refractivity contribution is 7.92. The van der Waals surface area contributed by atoms with E-state index < -0.39 is 19.7 Å². The highest BCUT2D eigenvalue weighted by Crippen LogP contribution is 2.16. The van der Waals surface area contributed by atoms with Crippen molar-refractivity contribution >= 4 is 25.4 Å². The van der Waals surface area contributed by atoms with Crippen LogP contribution in [0.25, 0.3) is 0 Å². The standard InChI is InChI=1S/C10H16N2O4S2/c1-2-17(13,14)7-4-8-18(15,16)10-9(11)5-3-6-12-10/h3,5-6H,2,4,7-8,11H2,1H3. The van der Waals surface area contributed by atoms with E-state index in [0.29, 0.717) is 0 Å². The molecule has 18 heavy (non-hydrogen) atoms. The molecule has 8 heteroatoms. The molecule has 0 radical (unpaired) electrons. The summed E-state index contributed by atoms with van der Waals surface area (Å²) < 4.78 is 46.3. The third kappa shape index (κ3) is 3.95. The van der Waals surface area contributed by atoms with Gasteiger partial charge in [0.25, 0.3) is 0 Å². The lowest BCUT2D eigenvalue weighted by Crippen LogP contribution is -2.16. The zero-order valence-electron chi connectivity index (χ0n) is 10.0. The first-order valence-corrected chi connectivity index (χ1v) is 8.89. The highest BCUT2D eigenvalue weighted by atomic mass is 32.2. The SMILES string of the molecule is CCS(=O)(=O)CCCS(=O)(=O)c1ncccc1N.